The highest BCUT2D eigenvalue weighted by atomic mass is 79.9. The van der Waals surface area contributed by atoms with Crippen LogP contribution in [0.4, 0.5) is 5.69 Å². The number of carbonyl (C=O) groups excluding carboxylic acids is 1. The van der Waals surface area contributed by atoms with Crippen molar-refractivity contribution >= 4 is 33.6 Å². The molecule has 0 aromatic heterocycles. The maximum absolute atomic E-state index is 12.3. The van der Waals surface area contributed by atoms with Crippen molar-refractivity contribution in [3.05, 3.63) is 100 Å². The van der Waals surface area contributed by atoms with Crippen LogP contribution in [0.1, 0.15) is 27.6 Å². The molecule has 0 amide bonds. The van der Waals surface area contributed by atoms with Crippen LogP contribution < -0.4 is 0 Å². The summed E-state index contributed by atoms with van der Waals surface area (Å²) < 4.78 is 1.02. The van der Waals surface area contributed by atoms with Crippen molar-refractivity contribution in [1.82, 2.24) is 0 Å². The van der Waals surface area contributed by atoms with E-state index in [4.69, 9.17) is 0 Å². The SMILES string of the molecule is O=C(c1ccccc1)C(O)c1ccc(N=Cc2ccc(Br)cc2)cc1. The Hall–Kier alpha value is -2.56. The van der Waals surface area contributed by atoms with Gasteiger partial charge in [0.25, 0.3) is 0 Å². The van der Waals surface area contributed by atoms with E-state index in [1.54, 1.807) is 54.7 Å². The molecule has 3 rings (SSSR count). The van der Waals surface area contributed by atoms with Crippen molar-refractivity contribution in [1.29, 1.82) is 0 Å². The van der Waals surface area contributed by atoms with Crippen LogP contribution in [0.15, 0.2) is 88.3 Å². The molecule has 124 valence electrons. The van der Waals surface area contributed by atoms with E-state index >= 15 is 0 Å². The number of Topliss-reactive ketones (excluding diaryl/α,β-unsaturated/α-hetero) is 1. The molecule has 1 unspecified atom stereocenters. The molecular weight excluding hydrogens is 378 g/mol. The molecule has 3 aromatic rings. The summed E-state index contributed by atoms with van der Waals surface area (Å²) in [6.45, 7) is 0. The molecule has 0 fully saturated rings. The van der Waals surface area contributed by atoms with Crippen LogP contribution in [0.5, 0.6) is 0 Å². The Morgan fingerprint density at radius 3 is 2.20 bits per heavy atom. The summed E-state index contributed by atoms with van der Waals surface area (Å²) in [6, 6.07) is 23.6. The Labute approximate surface area is 154 Å². The van der Waals surface area contributed by atoms with Gasteiger partial charge in [-0.2, -0.15) is 0 Å². The molecule has 1 atom stereocenters. The van der Waals surface area contributed by atoms with Gasteiger partial charge in [-0.05, 0) is 35.4 Å². The number of aliphatic hydroxyl groups is 1. The number of hydrogen-bond donors (Lipinski definition) is 1. The van der Waals surface area contributed by atoms with E-state index < -0.39 is 6.10 Å². The molecule has 0 saturated heterocycles. The van der Waals surface area contributed by atoms with E-state index in [-0.39, 0.29) is 5.78 Å². The zero-order chi connectivity index (χ0) is 17.6. The highest BCUT2D eigenvalue weighted by molar-refractivity contribution is 9.10. The number of aliphatic hydroxyl groups excluding tert-OH is 1. The first kappa shape index (κ1) is 17.3. The van der Waals surface area contributed by atoms with E-state index in [1.165, 1.54) is 0 Å². The Bertz CT molecular complexity index is 872. The predicted molar refractivity (Wildman–Crippen MR) is 104 cm³/mol. The molecule has 0 spiro atoms. The van der Waals surface area contributed by atoms with Gasteiger partial charge < -0.3 is 5.11 Å². The summed E-state index contributed by atoms with van der Waals surface area (Å²) in [5.41, 5.74) is 2.79. The molecule has 0 aliphatic rings. The summed E-state index contributed by atoms with van der Waals surface area (Å²) in [5.74, 6) is -0.313. The number of hydrogen-bond acceptors (Lipinski definition) is 3. The lowest BCUT2D eigenvalue weighted by atomic mass is 10.00. The first-order valence-corrected chi connectivity index (χ1v) is 8.60. The monoisotopic (exact) mass is 393 g/mol. The van der Waals surface area contributed by atoms with Gasteiger partial charge in [0, 0.05) is 16.3 Å². The maximum atomic E-state index is 12.3. The zero-order valence-corrected chi connectivity index (χ0v) is 14.9. The van der Waals surface area contributed by atoms with Crippen LogP contribution in [0, 0.1) is 0 Å². The smallest absolute Gasteiger partial charge is 0.195 e. The number of nitrogens with zero attached hydrogens (tertiary/aromatic N) is 1. The van der Waals surface area contributed by atoms with E-state index in [1.807, 2.05) is 30.3 Å². The minimum absolute atomic E-state index is 0.313. The van der Waals surface area contributed by atoms with E-state index in [0.29, 0.717) is 11.1 Å². The normalized spacial score (nSPS) is 12.2. The van der Waals surface area contributed by atoms with Crippen molar-refractivity contribution < 1.29 is 9.90 Å². The average Bonchev–Trinajstić information content (AvgIpc) is 2.67. The van der Waals surface area contributed by atoms with Crippen molar-refractivity contribution in [2.75, 3.05) is 0 Å². The third kappa shape index (κ3) is 4.50. The molecule has 0 bridgehead atoms. The molecule has 0 heterocycles. The number of rotatable bonds is 5. The average molecular weight is 394 g/mol. The summed E-state index contributed by atoms with van der Waals surface area (Å²) in [4.78, 5) is 16.7. The lowest BCUT2D eigenvalue weighted by molar-refractivity contribution is 0.0747. The standard InChI is InChI=1S/C21H16BrNO2/c22-18-10-6-15(7-11-18)14-23-19-12-8-17(9-13-19)21(25)20(24)16-4-2-1-3-5-16/h1-14,21,25H. The van der Waals surface area contributed by atoms with Crippen LogP contribution >= 0.6 is 15.9 Å². The topological polar surface area (TPSA) is 49.7 Å². The molecule has 3 nitrogen and oxygen atoms in total. The lowest BCUT2D eigenvalue weighted by Crippen LogP contribution is -2.11. The Morgan fingerprint density at radius 1 is 0.920 bits per heavy atom. The minimum Gasteiger partial charge on any atom is -0.380 e. The largest absolute Gasteiger partial charge is 0.380 e. The summed E-state index contributed by atoms with van der Waals surface area (Å²) in [7, 11) is 0. The van der Waals surface area contributed by atoms with Gasteiger partial charge in [0.15, 0.2) is 5.78 Å². The quantitative estimate of drug-likeness (QED) is 0.483. The first-order chi connectivity index (χ1) is 12.1. The van der Waals surface area contributed by atoms with Gasteiger partial charge in [-0.15, -0.1) is 0 Å². The lowest BCUT2D eigenvalue weighted by Gasteiger charge is -2.10. The second kappa shape index (κ2) is 8.01. The van der Waals surface area contributed by atoms with Gasteiger partial charge in [0.1, 0.15) is 6.10 Å². The highest BCUT2D eigenvalue weighted by Crippen LogP contribution is 2.21. The summed E-state index contributed by atoms with van der Waals surface area (Å²) >= 11 is 3.40. The van der Waals surface area contributed by atoms with Crippen LogP contribution in [0.2, 0.25) is 0 Å². The van der Waals surface area contributed by atoms with Crippen molar-refractivity contribution in [3.8, 4) is 0 Å². The number of benzene rings is 3. The third-order valence-electron chi connectivity index (χ3n) is 3.75. The Morgan fingerprint density at radius 2 is 1.56 bits per heavy atom. The van der Waals surface area contributed by atoms with Gasteiger partial charge in [-0.3, -0.25) is 9.79 Å². The fourth-order valence-electron chi connectivity index (χ4n) is 2.35. The molecule has 25 heavy (non-hydrogen) atoms. The van der Waals surface area contributed by atoms with Crippen molar-refractivity contribution in [2.24, 2.45) is 4.99 Å². The Balaban J connectivity index is 1.71. The van der Waals surface area contributed by atoms with Crippen molar-refractivity contribution in [3.63, 3.8) is 0 Å². The maximum Gasteiger partial charge on any atom is 0.195 e. The zero-order valence-electron chi connectivity index (χ0n) is 13.3. The molecule has 0 aliphatic heterocycles. The van der Waals surface area contributed by atoms with E-state index in [2.05, 4.69) is 20.9 Å². The third-order valence-corrected chi connectivity index (χ3v) is 4.28. The molecule has 4 heteroatoms. The highest BCUT2D eigenvalue weighted by Gasteiger charge is 2.18. The van der Waals surface area contributed by atoms with Gasteiger partial charge >= 0.3 is 0 Å². The Kier molecular flexibility index (Phi) is 5.53. The van der Waals surface area contributed by atoms with Gasteiger partial charge in [0.05, 0.1) is 5.69 Å². The van der Waals surface area contributed by atoms with Gasteiger partial charge in [-0.25, -0.2) is 0 Å². The second-order valence-corrected chi connectivity index (χ2v) is 6.45. The molecule has 3 aromatic carbocycles. The summed E-state index contributed by atoms with van der Waals surface area (Å²) in [5, 5.41) is 10.3. The molecule has 1 N–H and O–H groups in total. The minimum atomic E-state index is -1.17. The fraction of sp³-hybridized carbons (Fsp3) is 0.0476. The van der Waals surface area contributed by atoms with E-state index in [0.717, 1.165) is 15.7 Å². The number of carbonyl (C=O) groups is 1. The molecule has 0 radical (unpaired) electrons. The fourth-order valence-corrected chi connectivity index (χ4v) is 2.62. The van der Waals surface area contributed by atoms with Crippen LogP contribution in [-0.4, -0.2) is 17.1 Å². The van der Waals surface area contributed by atoms with Gasteiger partial charge in [-0.1, -0.05) is 70.5 Å². The van der Waals surface area contributed by atoms with Crippen LogP contribution in [0.25, 0.3) is 0 Å². The number of ketones is 1. The van der Waals surface area contributed by atoms with E-state index in [9.17, 15) is 9.90 Å². The van der Waals surface area contributed by atoms with Crippen LogP contribution in [0.3, 0.4) is 0 Å². The van der Waals surface area contributed by atoms with Crippen molar-refractivity contribution in [2.45, 2.75) is 6.10 Å². The molecule has 0 saturated carbocycles. The number of aliphatic imine (C=N–C) groups is 1. The second-order valence-electron chi connectivity index (χ2n) is 5.53. The van der Waals surface area contributed by atoms with Gasteiger partial charge in [0.2, 0.25) is 0 Å². The predicted octanol–water partition coefficient (Wildman–Crippen LogP) is 5.12. The van der Waals surface area contributed by atoms with Crippen LogP contribution in [-0.2, 0) is 0 Å². The summed E-state index contributed by atoms with van der Waals surface area (Å²) in [6.07, 6.45) is 0.597. The first-order valence-electron chi connectivity index (χ1n) is 7.80. The number of halogens is 1. The molecular formula is C21H16BrNO2. The molecule has 0 aliphatic carbocycles.